The molecule has 0 radical (unpaired) electrons. The lowest BCUT2D eigenvalue weighted by atomic mass is 10.2. The molecule has 0 saturated carbocycles. The summed E-state index contributed by atoms with van der Waals surface area (Å²) in [5, 5.41) is 2.78. The molecule has 1 rings (SSSR count). The number of carbonyl (C=O) groups excluding carboxylic acids is 1. The second-order valence-corrected chi connectivity index (χ2v) is 7.73. The van der Waals surface area contributed by atoms with Gasteiger partial charge in [-0.05, 0) is 18.1 Å². The van der Waals surface area contributed by atoms with Crippen LogP contribution < -0.4 is 19.1 Å². The summed E-state index contributed by atoms with van der Waals surface area (Å²) in [6.07, 6.45) is 1.18. The Bertz CT molecular complexity index is 658. The van der Waals surface area contributed by atoms with E-state index in [2.05, 4.69) is 5.32 Å². The molecule has 0 aliphatic carbocycles. The third-order valence-corrected chi connectivity index (χ3v) is 4.50. The molecule has 1 amide bonds. The van der Waals surface area contributed by atoms with Gasteiger partial charge in [0.25, 0.3) is 0 Å². The average molecular weight is 358 g/mol. The lowest BCUT2D eigenvalue weighted by Gasteiger charge is -2.23. The summed E-state index contributed by atoms with van der Waals surface area (Å²) in [6.45, 7) is 4.60. The van der Waals surface area contributed by atoms with Gasteiger partial charge in [-0.25, -0.2) is 8.42 Å². The van der Waals surface area contributed by atoms with Gasteiger partial charge in [-0.3, -0.25) is 9.10 Å². The summed E-state index contributed by atoms with van der Waals surface area (Å²) in [5.74, 6) is 1.08. The van der Waals surface area contributed by atoms with Gasteiger partial charge in [-0.2, -0.15) is 0 Å². The first-order valence-electron chi connectivity index (χ1n) is 7.65. The largest absolute Gasteiger partial charge is 0.493 e. The smallest absolute Gasteiger partial charge is 0.232 e. The van der Waals surface area contributed by atoms with Crippen molar-refractivity contribution in [3.63, 3.8) is 0 Å². The van der Waals surface area contributed by atoms with Gasteiger partial charge >= 0.3 is 0 Å². The van der Waals surface area contributed by atoms with Crippen molar-refractivity contribution < 1.29 is 22.7 Å². The Kier molecular flexibility index (Phi) is 7.34. The van der Waals surface area contributed by atoms with E-state index in [1.54, 1.807) is 18.2 Å². The van der Waals surface area contributed by atoms with Crippen molar-refractivity contribution in [3.8, 4) is 11.5 Å². The molecule has 0 heterocycles. The molecule has 7 nitrogen and oxygen atoms in total. The Labute approximate surface area is 144 Å². The first-order chi connectivity index (χ1) is 11.2. The fraction of sp³-hybridized carbons (Fsp3) is 0.562. The van der Waals surface area contributed by atoms with Crippen LogP contribution in [0.25, 0.3) is 0 Å². The number of ether oxygens (including phenoxy) is 2. The quantitative estimate of drug-likeness (QED) is 0.725. The summed E-state index contributed by atoms with van der Waals surface area (Å²) >= 11 is 0. The Hall–Kier alpha value is -1.96. The van der Waals surface area contributed by atoms with E-state index in [4.69, 9.17) is 9.47 Å². The molecule has 0 bridgehead atoms. The molecule has 0 spiro atoms. The molecule has 0 unspecified atom stereocenters. The number of hydrogen-bond donors (Lipinski definition) is 1. The molecule has 8 heteroatoms. The van der Waals surface area contributed by atoms with Gasteiger partial charge in [0, 0.05) is 25.6 Å². The standard InChI is InChI=1S/C16H26N2O5S/c1-12(2)11-17-16(19)8-9-18(24(5,20)21)13-6-7-14(22-3)15(10-13)23-4/h6-7,10,12H,8-9,11H2,1-5H3,(H,17,19). The maximum atomic E-state index is 12.1. The molecule has 0 aliphatic rings. The number of rotatable bonds is 9. The van der Waals surface area contributed by atoms with Crippen LogP contribution in [0.15, 0.2) is 18.2 Å². The number of benzene rings is 1. The van der Waals surface area contributed by atoms with Crippen LogP contribution in [0.5, 0.6) is 11.5 Å². The minimum Gasteiger partial charge on any atom is -0.493 e. The zero-order valence-electron chi connectivity index (χ0n) is 14.8. The first-order valence-corrected chi connectivity index (χ1v) is 9.50. The zero-order chi connectivity index (χ0) is 18.3. The van der Waals surface area contributed by atoms with Crippen molar-refractivity contribution in [1.82, 2.24) is 5.32 Å². The number of anilines is 1. The summed E-state index contributed by atoms with van der Waals surface area (Å²) in [6, 6.07) is 4.82. The molecule has 0 aliphatic heterocycles. The highest BCUT2D eigenvalue weighted by molar-refractivity contribution is 7.92. The number of amides is 1. The molecular formula is C16H26N2O5S. The summed E-state index contributed by atoms with van der Waals surface area (Å²) < 4.78 is 35.7. The lowest BCUT2D eigenvalue weighted by Crippen LogP contribution is -2.35. The van der Waals surface area contributed by atoms with Gasteiger partial charge in [-0.15, -0.1) is 0 Å². The zero-order valence-corrected chi connectivity index (χ0v) is 15.6. The summed E-state index contributed by atoms with van der Waals surface area (Å²) in [7, 11) is -0.550. The van der Waals surface area contributed by atoms with Crippen LogP contribution in [-0.4, -0.2) is 47.9 Å². The minimum absolute atomic E-state index is 0.0538. The molecule has 24 heavy (non-hydrogen) atoms. The molecule has 1 N–H and O–H groups in total. The van der Waals surface area contributed by atoms with Crippen molar-refractivity contribution in [2.45, 2.75) is 20.3 Å². The molecule has 1 aromatic rings. The van der Waals surface area contributed by atoms with Gasteiger partial charge < -0.3 is 14.8 Å². The molecule has 0 atom stereocenters. The van der Waals surface area contributed by atoms with Crippen LogP contribution in [-0.2, 0) is 14.8 Å². The highest BCUT2D eigenvalue weighted by Gasteiger charge is 2.20. The number of hydrogen-bond acceptors (Lipinski definition) is 5. The van der Waals surface area contributed by atoms with E-state index in [1.165, 1.54) is 18.5 Å². The van der Waals surface area contributed by atoms with E-state index in [0.29, 0.717) is 29.6 Å². The fourth-order valence-electron chi connectivity index (χ4n) is 2.08. The van der Waals surface area contributed by atoms with Crippen molar-refractivity contribution in [2.24, 2.45) is 5.92 Å². The molecule has 1 aromatic carbocycles. The topological polar surface area (TPSA) is 84.9 Å². The summed E-state index contributed by atoms with van der Waals surface area (Å²) in [4.78, 5) is 11.9. The van der Waals surface area contributed by atoms with Crippen LogP contribution in [0.3, 0.4) is 0 Å². The number of nitrogens with one attached hydrogen (secondary N) is 1. The normalized spacial score (nSPS) is 11.2. The van der Waals surface area contributed by atoms with Crippen LogP contribution in [0.1, 0.15) is 20.3 Å². The van der Waals surface area contributed by atoms with E-state index in [0.717, 1.165) is 6.26 Å². The van der Waals surface area contributed by atoms with Gasteiger partial charge in [0.15, 0.2) is 11.5 Å². The maximum absolute atomic E-state index is 12.1. The molecule has 0 aromatic heterocycles. The third kappa shape index (κ3) is 5.92. The fourth-order valence-corrected chi connectivity index (χ4v) is 3.00. The second kappa shape index (κ2) is 8.77. The second-order valence-electron chi connectivity index (χ2n) is 5.82. The van der Waals surface area contributed by atoms with Crippen molar-refractivity contribution in [1.29, 1.82) is 0 Å². The van der Waals surface area contributed by atoms with E-state index in [-0.39, 0.29) is 18.9 Å². The molecule has 0 saturated heterocycles. The van der Waals surface area contributed by atoms with Crippen molar-refractivity contribution in [2.75, 3.05) is 37.9 Å². The predicted octanol–water partition coefficient (Wildman–Crippen LogP) is 1.63. The van der Waals surface area contributed by atoms with E-state index in [1.807, 2.05) is 13.8 Å². The number of sulfonamides is 1. The van der Waals surface area contributed by atoms with Gasteiger partial charge in [0.05, 0.1) is 26.2 Å². The monoisotopic (exact) mass is 358 g/mol. The van der Waals surface area contributed by atoms with Crippen LogP contribution in [0.2, 0.25) is 0 Å². The van der Waals surface area contributed by atoms with Crippen LogP contribution in [0.4, 0.5) is 5.69 Å². The maximum Gasteiger partial charge on any atom is 0.232 e. The van der Waals surface area contributed by atoms with Crippen LogP contribution >= 0.6 is 0 Å². The van der Waals surface area contributed by atoms with Gasteiger partial charge in [0.1, 0.15) is 0 Å². The highest BCUT2D eigenvalue weighted by atomic mass is 32.2. The first kappa shape index (κ1) is 20.1. The Balaban J connectivity index is 2.93. The highest BCUT2D eigenvalue weighted by Crippen LogP contribution is 2.32. The predicted molar refractivity (Wildman–Crippen MR) is 94.2 cm³/mol. The number of methoxy groups -OCH3 is 2. The van der Waals surface area contributed by atoms with E-state index >= 15 is 0 Å². The lowest BCUT2D eigenvalue weighted by molar-refractivity contribution is -0.121. The van der Waals surface area contributed by atoms with Crippen LogP contribution in [0, 0.1) is 5.92 Å². The molecule has 0 fully saturated rings. The number of nitrogens with zero attached hydrogens (tertiary/aromatic N) is 1. The average Bonchev–Trinajstić information content (AvgIpc) is 2.51. The van der Waals surface area contributed by atoms with E-state index in [9.17, 15) is 13.2 Å². The summed E-state index contributed by atoms with van der Waals surface area (Å²) in [5.41, 5.74) is 0.423. The van der Waals surface area contributed by atoms with Crippen molar-refractivity contribution >= 4 is 21.6 Å². The van der Waals surface area contributed by atoms with Gasteiger partial charge in [0.2, 0.25) is 15.9 Å². The molecular weight excluding hydrogens is 332 g/mol. The molecule has 136 valence electrons. The van der Waals surface area contributed by atoms with E-state index < -0.39 is 10.0 Å². The SMILES string of the molecule is COc1ccc(N(CCC(=O)NCC(C)C)S(C)(=O)=O)cc1OC. The minimum atomic E-state index is -3.53. The number of carbonyl (C=O) groups is 1. The Morgan fingerprint density at radius 3 is 2.33 bits per heavy atom. The third-order valence-electron chi connectivity index (χ3n) is 3.30. The Morgan fingerprint density at radius 2 is 1.83 bits per heavy atom. The van der Waals surface area contributed by atoms with Gasteiger partial charge in [-0.1, -0.05) is 13.8 Å². The Morgan fingerprint density at radius 1 is 1.21 bits per heavy atom. The van der Waals surface area contributed by atoms with Crippen molar-refractivity contribution in [3.05, 3.63) is 18.2 Å².